The third kappa shape index (κ3) is 2.95. The van der Waals surface area contributed by atoms with Crippen LogP contribution in [-0.4, -0.2) is 17.2 Å². The normalized spacial score (nSPS) is 10.7. The predicted molar refractivity (Wildman–Crippen MR) is 72.2 cm³/mol. The molecule has 2 N–H and O–H groups in total. The maximum absolute atomic E-state index is 11.7. The van der Waals surface area contributed by atoms with E-state index in [0.29, 0.717) is 10.4 Å². The van der Waals surface area contributed by atoms with Gasteiger partial charge in [-0.25, -0.2) is 5.43 Å². The number of phenols is 1. The Kier molecular flexibility index (Phi) is 3.74. The lowest BCUT2D eigenvalue weighted by Crippen LogP contribution is -2.16. The van der Waals surface area contributed by atoms with E-state index < -0.39 is 0 Å². The van der Waals surface area contributed by atoms with Crippen LogP contribution in [-0.2, 0) is 0 Å². The second-order valence-corrected chi connectivity index (χ2v) is 4.96. The molecular weight excluding hydrogens is 248 g/mol. The van der Waals surface area contributed by atoms with Crippen LogP contribution < -0.4 is 5.43 Å². The molecule has 5 heteroatoms. The first-order valence-corrected chi connectivity index (χ1v) is 6.16. The van der Waals surface area contributed by atoms with Crippen molar-refractivity contribution in [3.8, 4) is 5.75 Å². The minimum absolute atomic E-state index is 0.127. The van der Waals surface area contributed by atoms with Gasteiger partial charge in [-0.3, -0.25) is 4.79 Å². The van der Waals surface area contributed by atoms with Crippen molar-refractivity contribution in [1.82, 2.24) is 5.43 Å². The molecule has 0 aliphatic heterocycles. The van der Waals surface area contributed by atoms with Crippen LogP contribution in [0.2, 0.25) is 0 Å². The zero-order valence-corrected chi connectivity index (χ0v) is 10.6. The van der Waals surface area contributed by atoms with Gasteiger partial charge in [0.1, 0.15) is 5.75 Å². The zero-order chi connectivity index (χ0) is 13.0. The lowest BCUT2D eigenvalue weighted by molar-refractivity contribution is 0.0959. The van der Waals surface area contributed by atoms with Gasteiger partial charge in [-0.2, -0.15) is 5.10 Å². The summed E-state index contributed by atoms with van der Waals surface area (Å²) in [7, 11) is 0. The number of aryl methyl sites for hydroxylation is 1. The summed E-state index contributed by atoms with van der Waals surface area (Å²) < 4.78 is 0. The number of carbonyl (C=O) groups is 1. The first-order chi connectivity index (χ1) is 8.66. The van der Waals surface area contributed by atoms with E-state index in [0.717, 1.165) is 4.88 Å². The Balaban J connectivity index is 2.00. The average Bonchev–Trinajstić information content (AvgIpc) is 2.78. The number of hydrazone groups is 1. The van der Waals surface area contributed by atoms with Gasteiger partial charge in [0.15, 0.2) is 0 Å². The van der Waals surface area contributed by atoms with Crippen molar-refractivity contribution in [2.45, 2.75) is 6.92 Å². The van der Waals surface area contributed by atoms with Crippen molar-refractivity contribution in [3.05, 3.63) is 51.7 Å². The molecule has 1 aromatic carbocycles. The van der Waals surface area contributed by atoms with Crippen molar-refractivity contribution >= 4 is 23.5 Å². The first kappa shape index (κ1) is 12.3. The van der Waals surface area contributed by atoms with Gasteiger partial charge < -0.3 is 5.11 Å². The molecule has 18 heavy (non-hydrogen) atoms. The molecule has 0 atom stereocenters. The molecule has 1 amide bonds. The molecule has 0 saturated heterocycles. The summed E-state index contributed by atoms with van der Waals surface area (Å²) in [6.45, 7) is 1.94. The average molecular weight is 260 g/mol. The third-order valence-electron chi connectivity index (χ3n) is 2.27. The lowest BCUT2D eigenvalue weighted by Gasteiger charge is -1.98. The lowest BCUT2D eigenvalue weighted by atomic mass is 10.2. The first-order valence-electron chi connectivity index (χ1n) is 5.34. The standard InChI is InChI=1S/C13H12N2O2S/c1-9-6-7-12(18-9)13(17)15-14-8-10-4-2-3-5-11(10)16/h2-8,16H,1H3,(H,15,17). The summed E-state index contributed by atoms with van der Waals surface area (Å²) in [6.07, 6.45) is 1.41. The van der Waals surface area contributed by atoms with Gasteiger partial charge >= 0.3 is 0 Å². The number of carbonyl (C=O) groups excluding carboxylic acids is 1. The van der Waals surface area contributed by atoms with Gasteiger partial charge in [-0.1, -0.05) is 12.1 Å². The topological polar surface area (TPSA) is 61.7 Å². The van der Waals surface area contributed by atoms with Gasteiger partial charge in [0, 0.05) is 10.4 Å². The number of aromatic hydroxyl groups is 1. The van der Waals surface area contributed by atoms with Crippen molar-refractivity contribution in [1.29, 1.82) is 0 Å². The highest BCUT2D eigenvalue weighted by atomic mass is 32.1. The molecule has 0 radical (unpaired) electrons. The van der Waals surface area contributed by atoms with E-state index in [9.17, 15) is 9.90 Å². The number of benzene rings is 1. The van der Waals surface area contributed by atoms with E-state index in [1.165, 1.54) is 17.6 Å². The van der Waals surface area contributed by atoms with Crippen LogP contribution in [0.4, 0.5) is 0 Å². The molecule has 1 heterocycles. The van der Waals surface area contributed by atoms with Gasteiger partial charge in [-0.05, 0) is 31.2 Å². The minimum Gasteiger partial charge on any atom is -0.507 e. The molecule has 0 saturated carbocycles. The highest BCUT2D eigenvalue weighted by Crippen LogP contribution is 2.15. The maximum atomic E-state index is 11.7. The number of thiophene rings is 1. The fraction of sp³-hybridized carbons (Fsp3) is 0.0769. The molecule has 4 nitrogen and oxygen atoms in total. The van der Waals surface area contributed by atoms with Gasteiger partial charge in [0.2, 0.25) is 0 Å². The van der Waals surface area contributed by atoms with E-state index in [4.69, 9.17) is 0 Å². The molecule has 0 aliphatic rings. The molecule has 0 spiro atoms. The van der Waals surface area contributed by atoms with E-state index in [-0.39, 0.29) is 11.7 Å². The summed E-state index contributed by atoms with van der Waals surface area (Å²) in [5.41, 5.74) is 2.97. The van der Waals surface area contributed by atoms with Gasteiger partial charge in [0.05, 0.1) is 11.1 Å². The molecule has 2 rings (SSSR count). The van der Waals surface area contributed by atoms with E-state index in [1.54, 1.807) is 30.3 Å². The summed E-state index contributed by atoms with van der Waals surface area (Å²) in [4.78, 5) is 13.3. The molecule has 1 aromatic heterocycles. The second kappa shape index (κ2) is 5.46. The molecule has 0 unspecified atom stereocenters. The number of phenolic OH excluding ortho intramolecular Hbond substituents is 1. The molecule has 92 valence electrons. The Bertz CT molecular complexity index is 590. The van der Waals surface area contributed by atoms with Crippen LogP contribution in [0, 0.1) is 6.92 Å². The zero-order valence-electron chi connectivity index (χ0n) is 9.75. The van der Waals surface area contributed by atoms with E-state index >= 15 is 0 Å². The Morgan fingerprint density at radius 1 is 1.33 bits per heavy atom. The van der Waals surface area contributed by atoms with E-state index in [2.05, 4.69) is 10.5 Å². The Morgan fingerprint density at radius 2 is 2.11 bits per heavy atom. The fourth-order valence-corrected chi connectivity index (χ4v) is 2.13. The van der Waals surface area contributed by atoms with Gasteiger partial charge in [0.25, 0.3) is 5.91 Å². The number of hydrogen-bond donors (Lipinski definition) is 2. The van der Waals surface area contributed by atoms with Crippen LogP contribution in [0.3, 0.4) is 0 Å². The van der Waals surface area contributed by atoms with Crippen LogP contribution in [0.15, 0.2) is 41.5 Å². The third-order valence-corrected chi connectivity index (χ3v) is 3.27. The number of amides is 1. The summed E-state index contributed by atoms with van der Waals surface area (Å²) in [5.74, 6) is -0.123. The number of hydrogen-bond acceptors (Lipinski definition) is 4. The smallest absolute Gasteiger partial charge is 0.281 e. The number of para-hydroxylation sites is 1. The Hall–Kier alpha value is -2.14. The number of rotatable bonds is 3. The van der Waals surface area contributed by atoms with Gasteiger partial charge in [-0.15, -0.1) is 11.3 Å². The molecule has 0 fully saturated rings. The van der Waals surface area contributed by atoms with Crippen LogP contribution in [0.5, 0.6) is 5.75 Å². The second-order valence-electron chi connectivity index (χ2n) is 3.67. The Morgan fingerprint density at radius 3 is 2.78 bits per heavy atom. The van der Waals surface area contributed by atoms with Crippen molar-refractivity contribution in [2.75, 3.05) is 0 Å². The number of nitrogens with zero attached hydrogens (tertiary/aromatic N) is 1. The van der Waals surface area contributed by atoms with Crippen molar-refractivity contribution < 1.29 is 9.90 Å². The Labute approximate surface area is 109 Å². The number of nitrogens with one attached hydrogen (secondary N) is 1. The van der Waals surface area contributed by atoms with Crippen LogP contribution in [0.1, 0.15) is 20.1 Å². The molecule has 0 bridgehead atoms. The highest BCUT2D eigenvalue weighted by molar-refractivity contribution is 7.13. The predicted octanol–water partition coefficient (Wildman–Crippen LogP) is 2.53. The quantitative estimate of drug-likeness (QED) is 0.658. The minimum atomic E-state index is -0.250. The summed E-state index contributed by atoms with van der Waals surface area (Å²) in [6, 6.07) is 10.4. The summed E-state index contributed by atoms with van der Waals surface area (Å²) >= 11 is 1.41. The fourth-order valence-electron chi connectivity index (χ4n) is 1.37. The molecule has 2 aromatic rings. The molecule has 0 aliphatic carbocycles. The largest absolute Gasteiger partial charge is 0.507 e. The van der Waals surface area contributed by atoms with E-state index in [1.807, 2.05) is 13.0 Å². The highest BCUT2D eigenvalue weighted by Gasteiger charge is 2.06. The monoisotopic (exact) mass is 260 g/mol. The van der Waals surface area contributed by atoms with Crippen molar-refractivity contribution in [3.63, 3.8) is 0 Å². The van der Waals surface area contributed by atoms with Crippen molar-refractivity contribution in [2.24, 2.45) is 5.10 Å². The van der Waals surface area contributed by atoms with Crippen LogP contribution in [0.25, 0.3) is 0 Å². The maximum Gasteiger partial charge on any atom is 0.281 e. The summed E-state index contributed by atoms with van der Waals surface area (Å²) in [5, 5.41) is 13.3. The van der Waals surface area contributed by atoms with Crippen LogP contribution >= 0.6 is 11.3 Å². The SMILES string of the molecule is Cc1ccc(C(=O)NN=Cc2ccccc2O)s1. The molecular formula is C13H12N2O2S.